The Morgan fingerprint density at radius 2 is 2.12 bits per heavy atom. The molecule has 3 rings (SSSR count). The minimum absolute atomic E-state index is 0.129. The molecule has 0 unspecified atom stereocenters. The van der Waals surface area contributed by atoms with E-state index in [0.29, 0.717) is 41.6 Å². The second kappa shape index (κ2) is 10.9. The van der Waals surface area contributed by atoms with Crippen molar-refractivity contribution in [1.82, 2.24) is 25.1 Å². The molecule has 2 aromatic heterocycles. The van der Waals surface area contributed by atoms with E-state index in [1.807, 2.05) is 0 Å². The third kappa shape index (κ3) is 5.92. The number of carbonyl (C=O) groups is 1. The molecule has 3 aromatic rings. The Hall–Kier alpha value is -3.25. The van der Waals surface area contributed by atoms with Gasteiger partial charge in [0.25, 0.3) is 11.6 Å². The molecule has 2 heterocycles. The normalized spacial score (nSPS) is 11.1. The predicted molar refractivity (Wildman–Crippen MR) is 122 cm³/mol. The number of nitro groups is 1. The first-order valence-corrected chi connectivity index (χ1v) is 10.9. The van der Waals surface area contributed by atoms with E-state index in [9.17, 15) is 14.9 Å². The Kier molecular flexibility index (Phi) is 7.95. The van der Waals surface area contributed by atoms with Crippen LogP contribution in [0.15, 0.2) is 35.6 Å². The van der Waals surface area contributed by atoms with Crippen LogP contribution < -0.4 is 10.6 Å². The number of nitrogens with one attached hydrogen (secondary N) is 2. The molecule has 1 amide bonds. The van der Waals surface area contributed by atoms with Gasteiger partial charge in [0.2, 0.25) is 0 Å². The average molecular weight is 460 g/mol. The Balaban J connectivity index is 1.74. The van der Waals surface area contributed by atoms with E-state index in [4.69, 9.17) is 4.74 Å². The SMILES string of the molecule is COCCNc1nc(SC(C)C)nc2c1cnn2CCNC(=O)c1cccc([N+](=O)[O-])c1. The van der Waals surface area contributed by atoms with Crippen molar-refractivity contribution in [3.05, 3.63) is 46.1 Å². The first kappa shape index (κ1) is 23.4. The lowest BCUT2D eigenvalue weighted by Crippen LogP contribution is -2.27. The van der Waals surface area contributed by atoms with Gasteiger partial charge in [-0.25, -0.2) is 14.6 Å². The van der Waals surface area contributed by atoms with Gasteiger partial charge in [0, 0.05) is 43.1 Å². The van der Waals surface area contributed by atoms with Gasteiger partial charge < -0.3 is 15.4 Å². The molecule has 0 aliphatic rings. The summed E-state index contributed by atoms with van der Waals surface area (Å²) >= 11 is 1.55. The van der Waals surface area contributed by atoms with E-state index in [1.54, 1.807) is 29.8 Å². The quantitative estimate of drug-likeness (QED) is 0.146. The Morgan fingerprint density at radius 1 is 1.31 bits per heavy atom. The second-order valence-electron chi connectivity index (χ2n) is 7.11. The number of non-ortho nitro benzene ring substituents is 1. The summed E-state index contributed by atoms with van der Waals surface area (Å²) < 4.78 is 6.80. The van der Waals surface area contributed by atoms with Crippen molar-refractivity contribution in [2.75, 3.05) is 32.1 Å². The summed E-state index contributed by atoms with van der Waals surface area (Å²) in [5.74, 6) is 0.292. The summed E-state index contributed by atoms with van der Waals surface area (Å²) in [4.78, 5) is 32.0. The molecule has 0 spiro atoms. The zero-order valence-corrected chi connectivity index (χ0v) is 18.9. The van der Waals surface area contributed by atoms with Crippen LogP contribution >= 0.6 is 11.8 Å². The molecule has 0 saturated heterocycles. The van der Waals surface area contributed by atoms with Gasteiger partial charge in [-0.3, -0.25) is 14.9 Å². The van der Waals surface area contributed by atoms with Gasteiger partial charge in [-0.15, -0.1) is 0 Å². The van der Waals surface area contributed by atoms with Gasteiger partial charge in [-0.05, 0) is 6.07 Å². The van der Waals surface area contributed by atoms with E-state index < -0.39 is 10.8 Å². The van der Waals surface area contributed by atoms with E-state index in [2.05, 4.69) is 39.5 Å². The zero-order chi connectivity index (χ0) is 23.1. The maximum Gasteiger partial charge on any atom is 0.270 e. The van der Waals surface area contributed by atoms with Gasteiger partial charge in [0.15, 0.2) is 10.8 Å². The number of ether oxygens (including phenoxy) is 1. The molecule has 0 atom stereocenters. The van der Waals surface area contributed by atoms with Crippen LogP contribution in [-0.4, -0.2) is 62.6 Å². The highest BCUT2D eigenvalue weighted by atomic mass is 32.2. The van der Waals surface area contributed by atoms with E-state index in [-0.39, 0.29) is 17.8 Å². The first-order chi connectivity index (χ1) is 15.4. The van der Waals surface area contributed by atoms with Crippen molar-refractivity contribution in [1.29, 1.82) is 0 Å². The number of anilines is 1. The van der Waals surface area contributed by atoms with E-state index in [0.717, 1.165) is 5.39 Å². The van der Waals surface area contributed by atoms with Gasteiger partial charge in [0.05, 0.1) is 29.7 Å². The fourth-order valence-electron chi connectivity index (χ4n) is 2.91. The Morgan fingerprint density at radius 3 is 2.84 bits per heavy atom. The number of amides is 1. The molecule has 0 aliphatic carbocycles. The van der Waals surface area contributed by atoms with Crippen molar-refractivity contribution in [3.8, 4) is 0 Å². The molecule has 0 radical (unpaired) electrons. The number of benzene rings is 1. The number of hydrogen-bond acceptors (Lipinski definition) is 9. The van der Waals surface area contributed by atoms with Gasteiger partial charge >= 0.3 is 0 Å². The number of methoxy groups -OCH3 is 1. The van der Waals surface area contributed by atoms with Crippen LogP contribution in [0.1, 0.15) is 24.2 Å². The van der Waals surface area contributed by atoms with E-state index in [1.165, 1.54) is 24.3 Å². The topological polar surface area (TPSA) is 137 Å². The van der Waals surface area contributed by atoms with Crippen molar-refractivity contribution in [3.63, 3.8) is 0 Å². The highest BCUT2D eigenvalue weighted by Crippen LogP contribution is 2.26. The third-order valence-corrected chi connectivity index (χ3v) is 5.21. The zero-order valence-electron chi connectivity index (χ0n) is 18.1. The largest absolute Gasteiger partial charge is 0.383 e. The predicted octanol–water partition coefficient (Wildman–Crippen LogP) is 2.72. The monoisotopic (exact) mass is 459 g/mol. The lowest BCUT2D eigenvalue weighted by atomic mass is 10.2. The molecule has 11 nitrogen and oxygen atoms in total. The molecule has 1 aromatic carbocycles. The molecule has 0 fully saturated rings. The van der Waals surface area contributed by atoms with Gasteiger partial charge in [0.1, 0.15) is 5.82 Å². The average Bonchev–Trinajstić information content (AvgIpc) is 3.16. The van der Waals surface area contributed by atoms with Crippen LogP contribution in [0.2, 0.25) is 0 Å². The maximum absolute atomic E-state index is 12.4. The van der Waals surface area contributed by atoms with Crippen molar-refractivity contribution in [2.45, 2.75) is 30.8 Å². The fourth-order valence-corrected chi connectivity index (χ4v) is 3.61. The van der Waals surface area contributed by atoms with Crippen LogP contribution in [-0.2, 0) is 11.3 Å². The van der Waals surface area contributed by atoms with Crippen LogP contribution in [0.5, 0.6) is 0 Å². The highest BCUT2D eigenvalue weighted by Gasteiger charge is 2.15. The highest BCUT2D eigenvalue weighted by molar-refractivity contribution is 7.99. The summed E-state index contributed by atoms with van der Waals surface area (Å²) in [7, 11) is 1.64. The molecular weight excluding hydrogens is 434 g/mol. The minimum atomic E-state index is -0.530. The first-order valence-electron chi connectivity index (χ1n) is 10.0. The van der Waals surface area contributed by atoms with Crippen LogP contribution in [0.25, 0.3) is 11.0 Å². The summed E-state index contributed by atoms with van der Waals surface area (Å²) in [5.41, 5.74) is 0.760. The smallest absolute Gasteiger partial charge is 0.270 e. The lowest BCUT2D eigenvalue weighted by molar-refractivity contribution is -0.384. The number of nitrogens with zero attached hydrogens (tertiary/aromatic N) is 5. The maximum atomic E-state index is 12.4. The number of rotatable bonds is 11. The molecule has 170 valence electrons. The second-order valence-corrected chi connectivity index (χ2v) is 8.65. The number of fused-ring (bicyclic) bond motifs is 1. The Labute approximate surface area is 189 Å². The summed E-state index contributed by atoms with van der Waals surface area (Å²) in [5, 5.41) is 23.1. The molecule has 2 N–H and O–H groups in total. The van der Waals surface area contributed by atoms with Crippen molar-refractivity contribution >= 4 is 40.2 Å². The summed E-state index contributed by atoms with van der Waals surface area (Å²) in [6.45, 7) is 5.93. The van der Waals surface area contributed by atoms with Crippen molar-refractivity contribution in [2.24, 2.45) is 0 Å². The Bertz CT molecular complexity index is 1100. The standard InChI is InChI=1S/C20H25N7O4S/c1-13(2)32-20-24-17(21-8-10-31-3)16-12-23-26(18(16)25-20)9-7-22-19(28)14-5-4-6-15(11-14)27(29)30/h4-6,11-13H,7-10H2,1-3H3,(H,22,28)(H,21,24,25). The fraction of sp³-hybridized carbons (Fsp3) is 0.400. The lowest BCUT2D eigenvalue weighted by Gasteiger charge is -2.11. The van der Waals surface area contributed by atoms with Crippen molar-refractivity contribution < 1.29 is 14.5 Å². The van der Waals surface area contributed by atoms with Crippen LogP contribution in [0.3, 0.4) is 0 Å². The molecule has 32 heavy (non-hydrogen) atoms. The van der Waals surface area contributed by atoms with Crippen LogP contribution in [0.4, 0.5) is 11.5 Å². The summed E-state index contributed by atoms with van der Waals surface area (Å²) in [6, 6.07) is 5.61. The third-order valence-electron chi connectivity index (χ3n) is 4.34. The number of hydrogen-bond donors (Lipinski definition) is 2. The summed E-state index contributed by atoms with van der Waals surface area (Å²) in [6.07, 6.45) is 1.69. The number of carbonyl (C=O) groups excluding carboxylic acids is 1. The molecule has 0 bridgehead atoms. The number of aromatic nitrogens is 4. The van der Waals surface area contributed by atoms with Gasteiger partial charge in [-0.2, -0.15) is 5.10 Å². The molecule has 0 saturated carbocycles. The molecular formula is C20H25N7O4S. The minimum Gasteiger partial charge on any atom is -0.383 e. The van der Waals surface area contributed by atoms with Gasteiger partial charge in [-0.1, -0.05) is 31.7 Å². The van der Waals surface area contributed by atoms with E-state index >= 15 is 0 Å². The number of nitro benzene ring substituents is 1. The number of thioether (sulfide) groups is 1. The van der Waals surface area contributed by atoms with Crippen LogP contribution in [0, 0.1) is 10.1 Å². The molecule has 12 heteroatoms. The molecule has 0 aliphatic heterocycles.